The summed E-state index contributed by atoms with van der Waals surface area (Å²) >= 11 is 0. The van der Waals surface area contributed by atoms with Gasteiger partial charge in [0, 0.05) is 24.4 Å². The number of amides is 1. The molecule has 1 amide bonds. The van der Waals surface area contributed by atoms with E-state index in [-0.39, 0.29) is 24.7 Å². The molecule has 0 unspecified atom stereocenters. The van der Waals surface area contributed by atoms with Crippen LogP contribution in [0, 0.1) is 0 Å². The second-order valence-electron chi connectivity index (χ2n) is 4.81. The fourth-order valence-corrected chi connectivity index (χ4v) is 3.51. The summed E-state index contributed by atoms with van der Waals surface area (Å²) in [6.07, 6.45) is 0. The van der Waals surface area contributed by atoms with Gasteiger partial charge in [-0.25, -0.2) is 8.42 Å². The van der Waals surface area contributed by atoms with Gasteiger partial charge in [-0.05, 0) is 18.2 Å². The molecule has 1 aliphatic rings. The Bertz CT molecular complexity index is 762. The summed E-state index contributed by atoms with van der Waals surface area (Å²) in [6.45, 7) is 2.16. The van der Waals surface area contributed by atoms with E-state index in [1.165, 1.54) is 0 Å². The third kappa shape index (κ3) is 2.05. The van der Waals surface area contributed by atoms with Crippen molar-refractivity contribution in [1.29, 1.82) is 0 Å². The van der Waals surface area contributed by atoms with Crippen LogP contribution in [0.1, 0.15) is 17.3 Å². The van der Waals surface area contributed by atoms with Gasteiger partial charge in [-0.15, -0.1) is 0 Å². The molecular weight excluding hydrogens is 280 g/mol. The van der Waals surface area contributed by atoms with Crippen LogP contribution >= 0.6 is 0 Å². The Labute approximate surface area is 115 Å². The Morgan fingerprint density at radius 1 is 1.35 bits per heavy atom. The summed E-state index contributed by atoms with van der Waals surface area (Å²) in [5.74, 6) is -0.0534. The van der Waals surface area contributed by atoms with Gasteiger partial charge in [0.2, 0.25) is 0 Å². The van der Waals surface area contributed by atoms with Gasteiger partial charge in [0.25, 0.3) is 5.91 Å². The van der Waals surface area contributed by atoms with Crippen LogP contribution in [-0.4, -0.2) is 58.7 Å². The number of aromatic amines is 1. The van der Waals surface area contributed by atoms with Crippen molar-refractivity contribution in [3.63, 3.8) is 0 Å². The topological polar surface area (TPSA) is 96.0 Å². The van der Waals surface area contributed by atoms with Gasteiger partial charge in [0.05, 0.1) is 5.25 Å². The maximum absolute atomic E-state index is 12.2. The van der Waals surface area contributed by atoms with Gasteiger partial charge in [0.15, 0.2) is 9.84 Å². The number of likely N-dealkylation sites (tertiary alicyclic amines) is 1. The van der Waals surface area contributed by atoms with Crippen molar-refractivity contribution in [2.24, 2.45) is 0 Å². The zero-order chi connectivity index (χ0) is 14.3. The molecule has 7 nitrogen and oxygen atoms in total. The highest BCUT2D eigenvalue weighted by Gasteiger charge is 2.38. The Kier molecular flexibility index (Phi) is 2.97. The minimum atomic E-state index is -3.06. The molecular formula is C12H14N4O3S. The van der Waals surface area contributed by atoms with Gasteiger partial charge in [-0.2, -0.15) is 15.4 Å². The summed E-state index contributed by atoms with van der Waals surface area (Å²) < 4.78 is 23.3. The van der Waals surface area contributed by atoms with Crippen LogP contribution in [0.5, 0.6) is 0 Å². The smallest absolute Gasteiger partial charge is 0.254 e. The number of fused-ring (bicyclic) bond motifs is 1. The normalized spacial score (nSPS) is 16.4. The van der Waals surface area contributed by atoms with E-state index < -0.39 is 15.1 Å². The first-order chi connectivity index (χ1) is 9.51. The monoisotopic (exact) mass is 294 g/mol. The first-order valence-corrected chi connectivity index (χ1v) is 8.04. The Hall–Kier alpha value is -1.96. The minimum Gasteiger partial charge on any atom is -0.336 e. The maximum atomic E-state index is 12.2. The highest BCUT2D eigenvalue weighted by Crippen LogP contribution is 2.21. The van der Waals surface area contributed by atoms with Crippen LogP contribution < -0.4 is 0 Å². The van der Waals surface area contributed by atoms with Crippen molar-refractivity contribution in [3.8, 4) is 0 Å². The molecule has 3 rings (SSSR count). The van der Waals surface area contributed by atoms with E-state index in [1.807, 2.05) is 0 Å². The summed E-state index contributed by atoms with van der Waals surface area (Å²) in [5.41, 5.74) is 1.81. The van der Waals surface area contributed by atoms with E-state index in [1.54, 1.807) is 30.0 Å². The third-order valence-corrected chi connectivity index (χ3v) is 5.73. The number of H-pyrrole nitrogens is 1. The molecule has 20 heavy (non-hydrogen) atoms. The average molecular weight is 294 g/mol. The van der Waals surface area contributed by atoms with Crippen LogP contribution in [0.2, 0.25) is 0 Å². The quantitative estimate of drug-likeness (QED) is 0.873. The van der Waals surface area contributed by atoms with Gasteiger partial charge in [-0.1, -0.05) is 6.92 Å². The fraction of sp³-hybridized carbons (Fsp3) is 0.417. The number of nitrogens with one attached hydrogen (secondary N) is 1. The molecule has 1 aliphatic heterocycles. The number of benzene rings is 1. The second kappa shape index (κ2) is 4.55. The number of rotatable bonds is 3. The summed E-state index contributed by atoms with van der Waals surface area (Å²) in [4.78, 5) is 13.8. The lowest BCUT2D eigenvalue weighted by Crippen LogP contribution is -2.57. The Balaban J connectivity index is 1.75. The first-order valence-electron chi connectivity index (χ1n) is 6.32. The van der Waals surface area contributed by atoms with Crippen molar-refractivity contribution in [2.45, 2.75) is 12.2 Å². The van der Waals surface area contributed by atoms with Gasteiger partial charge < -0.3 is 4.90 Å². The average Bonchev–Trinajstić information content (AvgIpc) is 2.83. The van der Waals surface area contributed by atoms with Crippen LogP contribution in [0.3, 0.4) is 0 Å². The zero-order valence-corrected chi connectivity index (χ0v) is 11.7. The predicted molar refractivity (Wildman–Crippen MR) is 73.0 cm³/mol. The van der Waals surface area contributed by atoms with E-state index in [4.69, 9.17) is 0 Å². The predicted octanol–water partition coefficient (Wildman–Crippen LogP) is 0.217. The van der Waals surface area contributed by atoms with Crippen molar-refractivity contribution < 1.29 is 13.2 Å². The number of hydrogen-bond donors (Lipinski definition) is 1. The van der Waals surface area contributed by atoms with Crippen LogP contribution in [0.4, 0.5) is 0 Å². The van der Waals surface area contributed by atoms with E-state index in [0.29, 0.717) is 16.6 Å². The van der Waals surface area contributed by atoms with Crippen LogP contribution in [0.25, 0.3) is 11.0 Å². The number of carbonyl (C=O) groups excluding carboxylic acids is 1. The Morgan fingerprint density at radius 2 is 2.05 bits per heavy atom. The first kappa shape index (κ1) is 13.0. The molecule has 0 saturated carbocycles. The number of nitrogens with zero attached hydrogens (tertiary/aromatic N) is 3. The summed E-state index contributed by atoms with van der Waals surface area (Å²) in [5, 5.41) is 9.91. The second-order valence-corrected chi connectivity index (χ2v) is 7.38. The number of carbonyl (C=O) groups is 1. The van der Waals surface area contributed by atoms with Crippen molar-refractivity contribution in [2.75, 3.05) is 18.8 Å². The number of aromatic nitrogens is 3. The molecule has 0 spiro atoms. The number of sulfone groups is 1. The van der Waals surface area contributed by atoms with Gasteiger partial charge in [-0.3, -0.25) is 4.79 Å². The lowest BCUT2D eigenvalue weighted by molar-refractivity contribution is 0.0659. The summed E-state index contributed by atoms with van der Waals surface area (Å²) in [7, 11) is -3.06. The molecule has 8 heteroatoms. The molecule has 1 aromatic heterocycles. The largest absolute Gasteiger partial charge is 0.336 e. The zero-order valence-electron chi connectivity index (χ0n) is 10.9. The lowest BCUT2D eigenvalue weighted by Gasteiger charge is -2.38. The van der Waals surface area contributed by atoms with Crippen molar-refractivity contribution in [1.82, 2.24) is 20.3 Å². The molecule has 0 bridgehead atoms. The molecule has 0 atom stereocenters. The molecule has 1 aromatic carbocycles. The van der Waals surface area contributed by atoms with E-state index in [9.17, 15) is 13.2 Å². The number of hydrogen-bond acceptors (Lipinski definition) is 5. The van der Waals surface area contributed by atoms with Crippen molar-refractivity contribution >= 4 is 26.8 Å². The van der Waals surface area contributed by atoms with E-state index in [0.717, 1.165) is 0 Å². The lowest BCUT2D eigenvalue weighted by atomic mass is 10.1. The Morgan fingerprint density at radius 3 is 2.75 bits per heavy atom. The summed E-state index contributed by atoms with van der Waals surface area (Å²) in [6, 6.07) is 5.05. The van der Waals surface area contributed by atoms with E-state index in [2.05, 4.69) is 15.4 Å². The van der Waals surface area contributed by atoms with Gasteiger partial charge >= 0.3 is 0 Å². The molecule has 1 saturated heterocycles. The van der Waals surface area contributed by atoms with Crippen LogP contribution in [0.15, 0.2) is 18.2 Å². The molecule has 106 valence electrons. The fourth-order valence-electron chi connectivity index (χ4n) is 2.22. The molecule has 0 aliphatic carbocycles. The van der Waals surface area contributed by atoms with Gasteiger partial charge in [0.1, 0.15) is 11.0 Å². The molecule has 2 heterocycles. The molecule has 1 N–H and O–H groups in total. The van der Waals surface area contributed by atoms with Crippen LogP contribution in [-0.2, 0) is 9.84 Å². The maximum Gasteiger partial charge on any atom is 0.254 e. The highest BCUT2D eigenvalue weighted by molar-refractivity contribution is 7.92. The highest BCUT2D eigenvalue weighted by atomic mass is 32.2. The van der Waals surface area contributed by atoms with Crippen molar-refractivity contribution in [3.05, 3.63) is 23.8 Å². The molecule has 2 aromatic rings. The molecule has 1 fully saturated rings. The third-order valence-electron chi connectivity index (χ3n) is 3.61. The minimum absolute atomic E-state index is 0.116. The SMILES string of the molecule is CCS(=O)(=O)C1CN(C(=O)c2ccc3n[nH]nc3c2)C1. The van der Waals surface area contributed by atoms with E-state index >= 15 is 0 Å². The molecule has 0 radical (unpaired) electrons. The standard InChI is InChI=1S/C12H14N4O3S/c1-2-20(18,19)9-6-16(7-9)12(17)8-3-4-10-11(5-8)14-15-13-10/h3-5,9H,2,6-7H2,1H3,(H,13,14,15).